The molecule has 0 aromatic carbocycles. The second-order valence-corrected chi connectivity index (χ2v) is 4.66. The van der Waals surface area contributed by atoms with Crippen LogP contribution in [0.5, 0.6) is 0 Å². The number of thiazole rings is 1. The average Bonchev–Trinajstić information content (AvgIpc) is 2.50. The van der Waals surface area contributed by atoms with Gasteiger partial charge in [0, 0.05) is 11.9 Å². The van der Waals surface area contributed by atoms with Crippen LogP contribution in [0.4, 0.5) is 0 Å². The fourth-order valence-corrected chi connectivity index (χ4v) is 2.14. The zero-order valence-corrected chi connectivity index (χ0v) is 9.69. The maximum atomic E-state index is 4.60. The summed E-state index contributed by atoms with van der Waals surface area (Å²) in [5, 5.41) is 3.41. The molecule has 0 amide bonds. The predicted molar refractivity (Wildman–Crippen MR) is 58.2 cm³/mol. The summed E-state index contributed by atoms with van der Waals surface area (Å²) in [4.78, 5) is 6.75. The van der Waals surface area contributed by atoms with Crippen molar-refractivity contribution in [3.63, 3.8) is 0 Å². The monoisotopic (exact) mass is 198 g/mol. The summed E-state index contributed by atoms with van der Waals surface area (Å²) in [6.07, 6.45) is 1.17. The molecule has 1 aromatic rings. The van der Waals surface area contributed by atoms with Gasteiger partial charge in [-0.15, -0.1) is 11.3 Å². The first-order valence-electron chi connectivity index (χ1n) is 4.72. The molecule has 13 heavy (non-hydrogen) atoms. The molecule has 3 heteroatoms. The summed E-state index contributed by atoms with van der Waals surface area (Å²) in [6.45, 7) is 5.39. The van der Waals surface area contributed by atoms with Gasteiger partial charge in [-0.25, -0.2) is 4.98 Å². The van der Waals surface area contributed by atoms with E-state index in [0.717, 1.165) is 6.54 Å². The zero-order valence-electron chi connectivity index (χ0n) is 8.87. The number of aromatic nitrogens is 1. The highest BCUT2D eigenvalue weighted by molar-refractivity contribution is 7.09. The molecule has 1 unspecified atom stereocenters. The van der Waals surface area contributed by atoms with Gasteiger partial charge in [0.15, 0.2) is 0 Å². The van der Waals surface area contributed by atoms with Gasteiger partial charge < -0.3 is 4.90 Å². The third-order valence-electron chi connectivity index (χ3n) is 2.14. The molecule has 1 aromatic heterocycles. The van der Waals surface area contributed by atoms with Crippen LogP contribution in [0.2, 0.25) is 0 Å². The van der Waals surface area contributed by atoms with E-state index in [0.29, 0.717) is 5.92 Å². The molecule has 0 N–H and O–H groups in total. The highest BCUT2D eigenvalue weighted by atomic mass is 32.1. The lowest BCUT2D eigenvalue weighted by molar-refractivity contribution is 0.401. The molecule has 1 atom stereocenters. The van der Waals surface area contributed by atoms with Gasteiger partial charge in [-0.05, 0) is 26.4 Å². The van der Waals surface area contributed by atoms with Crippen molar-refractivity contribution in [2.45, 2.75) is 32.7 Å². The minimum atomic E-state index is 0.604. The molecular formula is C10H18N2S. The Morgan fingerprint density at radius 1 is 1.54 bits per heavy atom. The smallest absolute Gasteiger partial charge is 0.107 e. The zero-order chi connectivity index (χ0) is 9.84. The van der Waals surface area contributed by atoms with Crippen molar-refractivity contribution < 1.29 is 0 Å². The first kappa shape index (κ1) is 10.7. The van der Waals surface area contributed by atoms with Crippen molar-refractivity contribution in [1.29, 1.82) is 0 Å². The standard InChI is InChI=1S/C10H18N2S/c1-5-8(2)9-7-13-10(11-9)6-12(3)4/h7-8H,5-6H2,1-4H3. The fraction of sp³-hybridized carbons (Fsp3) is 0.700. The molecule has 0 saturated heterocycles. The molecule has 0 aliphatic heterocycles. The van der Waals surface area contributed by atoms with Crippen LogP contribution in [-0.4, -0.2) is 24.0 Å². The Labute approximate surface area is 84.6 Å². The molecule has 0 aliphatic carbocycles. The summed E-state index contributed by atoms with van der Waals surface area (Å²) in [7, 11) is 4.15. The van der Waals surface area contributed by atoms with Crippen LogP contribution in [0.25, 0.3) is 0 Å². The summed E-state index contributed by atoms with van der Waals surface area (Å²) in [5.74, 6) is 0.604. The van der Waals surface area contributed by atoms with Crippen LogP contribution in [-0.2, 0) is 6.54 Å². The van der Waals surface area contributed by atoms with E-state index in [2.05, 4.69) is 43.2 Å². The molecule has 1 heterocycles. The van der Waals surface area contributed by atoms with E-state index in [4.69, 9.17) is 0 Å². The summed E-state index contributed by atoms with van der Waals surface area (Å²) in [5.41, 5.74) is 1.25. The molecule has 1 rings (SSSR count). The van der Waals surface area contributed by atoms with Gasteiger partial charge in [-0.1, -0.05) is 13.8 Å². The van der Waals surface area contributed by atoms with Crippen molar-refractivity contribution in [3.8, 4) is 0 Å². The van der Waals surface area contributed by atoms with Crippen molar-refractivity contribution in [2.24, 2.45) is 0 Å². The Kier molecular flexibility index (Phi) is 3.88. The van der Waals surface area contributed by atoms with E-state index in [-0.39, 0.29) is 0 Å². The van der Waals surface area contributed by atoms with E-state index >= 15 is 0 Å². The highest BCUT2D eigenvalue weighted by Gasteiger charge is 2.08. The molecule has 0 bridgehead atoms. The Hall–Kier alpha value is -0.410. The minimum Gasteiger partial charge on any atom is -0.303 e. The van der Waals surface area contributed by atoms with Gasteiger partial charge in [0.2, 0.25) is 0 Å². The molecule has 0 radical (unpaired) electrons. The van der Waals surface area contributed by atoms with Gasteiger partial charge in [-0.3, -0.25) is 0 Å². The van der Waals surface area contributed by atoms with Gasteiger partial charge in [0.1, 0.15) is 5.01 Å². The quantitative estimate of drug-likeness (QED) is 0.739. The van der Waals surface area contributed by atoms with Crippen molar-refractivity contribution in [3.05, 3.63) is 16.1 Å². The van der Waals surface area contributed by atoms with Crippen LogP contribution in [0, 0.1) is 0 Å². The third kappa shape index (κ3) is 3.08. The SMILES string of the molecule is CCC(C)c1csc(CN(C)C)n1. The highest BCUT2D eigenvalue weighted by Crippen LogP contribution is 2.21. The minimum absolute atomic E-state index is 0.604. The lowest BCUT2D eigenvalue weighted by atomic mass is 10.1. The van der Waals surface area contributed by atoms with Crippen molar-refractivity contribution in [1.82, 2.24) is 9.88 Å². The second kappa shape index (κ2) is 4.72. The molecule has 0 saturated carbocycles. The van der Waals surface area contributed by atoms with Crippen molar-refractivity contribution >= 4 is 11.3 Å². The number of rotatable bonds is 4. The lowest BCUT2D eigenvalue weighted by Crippen LogP contribution is -2.10. The van der Waals surface area contributed by atoms with Crippen LogP contribution in [0.1, 0.15) is 36.9 Å². The molecule has 74 valence electrons. The van der Waals surface area contributed by atoms with E-state index in [9.17, 15) is 0 Å². The molecule has 0 fully saturated rings. The summed E-state index contributed by atoms with van der Waals surface area (Å²) in [6, 6.07) is 0. The number of nitrogens with zero attached hydrogens (tertiary/aromatic N) is 2. The van der Waals surface area contributed by atoms with Crippen LogP contribution in [0.15, 0.2) is 5.38 Å². The molecule has 0 spiro atoms. The molecule has 0 aliphatic rings. The van der Waals surface area contributed by atoms with Crippen LogP contribution < -0.4 is 0 Å². The third-order valence-corrected chi connectivity index (χ3v) is 2.99. The first-order valence-corrected chi connectivity index (χ1v) is 5.60. The van der Waals surface area contributed by atoms with Crippen LogP contribution in [0.3, 0.4) is 0 Å². The molecule has 2 nitrogen and oxygen atoms in total. The molecular weight excluding hydrogens is 180 g/mol. The second-order valence-electron chi connectivity index (χ2n) is 3.71. The Morgan fingerprint density at radius 3 is 2.77 bits per heavy atom. The maximum absolute atomic E-state index is 4.60. The van der Waals surface area contributed by atoms with Gasteiger partial charge in [-0.2, -0.15) is 0 Å². The van der Waals surface area contributed by atoms with Crippen molar-refractivity contribution in [2.75, 3.05) is 14.1 Å². The van der Waals surface area contributed by atoms with Gasteiger partial charge >= 0.3 is 0 Å². The first-order chi connectivity index (χ1) is 6.13. The predicted octanol–water partition coefficient (Wildman–Crippen LogP) is 2.72. The van der Waals surface area contributed by atoms with Gasteiger partial charge in [0.25, 0.3) is 0 Å². The maximum Gasteiger partial charge on any atom is 0.107 e. The van der Waals surface area contributed by atoms with Gasteiger partial charge in [0.05, 0.1) is 5.69 Å². The van der Waals surface area contributed by atoms with Crippen LogP contribution >= 0.6 is 11.3 Å². The Balaban J connectivity index is 2.63. The van der Waals surface area contributed by atoms with E-state index in [1.54, 1.807) is 11.3 Å². The lowest BCUT2D eigenvalue weighted by Gasteiger charge is -2.06. The summed E-state index contributed by atoms with van der Waals surface area (Å²) >= 11 is 1.77. The van der Waals surface area contributed by atoms with E-state index in [1.807, 2.05) is 0 Å². The largest absolute Gasteiger partial charge is 0.303 e. The normalized spacial score (nSPS) is 13.6. The number of hydrogen-bond donors (Lipinski definition) is 0. The topological polar surface area (TPSA) is 16.1 Å². The Bertz CT molecular complexity index is 255. The van der Waals surface area contributed by atoms with E-state index < -0.39 is 0 Å². The van der Waals surface area contributed by atoms with E-state index in [1.165, 1.54) is 17.1 Å². The fourth-order valence-electron chi connectivity index (χ4n) is 1.10. The summed E-state index contributed by atoms with van der Waals surface area (Å²) < 4.78 is 0. The Morgan fingerprint density at radius 2 is 2.23 bits per heavy atom. The number of hydrogen-bond acceptors (Lipinski definition) is 3. The average molecular weight is 198 g/mol.